The van der Waals surface area contributed by atoms with Crippen LogP contribution < -0.4 is 29.6 Å². The van der Waals surface area contributed by atoms with Crippen molar-refractivity contribution in [1.82, 2.24) is 0 Å². The Hall–Kier alpha value is 0.650. The van der Waals surface area contributed by atoms with Gasteiger partial charge < -0.3 is 6.92 Å². The van der Waals surface area contributed by atoms with Crippen molar-refractivity contribution < 1.29 is 42.5 Å². The van der Waals surface area contributed by atoms with E-state index in [1.165, 1.54) is 0 Å². The maximum Gasteiger partial charge on any atom is 1.00 e. The SMILES string of the molecule is C=CCS(=O)(=O)O.[CH2-]CC.[Na+]. The van der Waals surface area contributed by atoms with E-state index >= 15 is 0 Å². The third-order valence-corrected chi connectivity index (χ3v) is 0.985. The first kappa shape index (κ1) is 17.7. The van der Waals surface area contributed by atoms with Gasteiger partial charge >= 0.3 is 29.6 Å². The zero-order valence-corrected chi connectivity index (χ0v) is 9.89. The van der Waals surface area contributed by atoms with E-state index in [0.29, 0.717) is 0 Å². The maximum atomic E-state index is 9.72. The second kappa shape index (κ2) is 10.7. The summed E-state index contributed by atoms with van der Waals surface area (Å²) in [6, 6.07) is 0. The van der Waals surface area contributed by atoms with E-state index < -0.39 is 10.1 Å². The molecule has 0 atom stereocenters. The molecule has 0 fully saturated rings. The minimum absolute atomic E-state index is 0. The average molecular weight is 188 g/mol. The van der Waals surface area contributed by atoms with E-state index in [0.717, 1.165) is 12.5 Å². The quantitative estimate of drug-likeness (QED) is 0.243. The smallest absolute Gasteiger partial charge is 0.344 e. The fourth-order valence-electron chi connectivity index (χ4n) is 0.149. The predicted molar refractivity (Wildman–Crippen MR) is 42.3 cm³/mol. The molecule has 0 radical (unpaired) electrons. The minimum atomic E-state index is -3.79. The van der Waals surface area contributed by atoms with Crippen LogP contribution >= 0.6 is 0 Å². The molecule has 0 aromatic heterocycles. The van der Waals surface area contributed by atoms with Gasteiger partial charge in [0.15, 0.2) is 0 Å². The molecule has 0 saturated heterocycles. The van der Waals surface area contributed by atoms with Gasteiger partial charge in [-0.3, -0.25) is 4.55 Å². The molecule has 0 aliphatic heterocycles. The Labute approximate surface area is 90.9 Å². The summed E-state index contributed by atoms with van der Waals surface area (Å²) in [7, 11) is -3.79. The van der Waals surface area contributed by atoms with Gasteiger partial charge in [-0.15, -0.1) is 6.58 Å². The Morgan fingerprint density at radius 3 is 1.91 bits per heavy atom. The van der Waals surface area contributed by atoms with E-state index in [1.807, 2.05) is 6.92 Å². The Kier molecular flexibility index (Phi) is 17.1. The van der Waals surface area contributed by atoms with E-state index in [9.17, 15) is 8.42 Å². The fourth-order valence-corrected chi connectivity index (χ4v) is 0.447. The summed E-state index contributed by atoms with van der Waals surface area (Å²) in [5.74, 6) is -0.368. The largest absolute Gasteiger partial charge is 1.00 e. The van der Waals surface area contributed by atoms with Gasteiger partial charge in [0.2, 0.25) is 0 Å². The van der Waals surface area contributed by atoms with Gasteiger partial charge in [0.05, 0.1) is 5.75 Å². The molecule has 0 aliphatic carbocycles. The summed E-state index contributed by atoms with van der Waals surface area (Å²) in [5.41, 5.74) is 0. The zero-order valence-electron chi connectivity index (χ0n) is 7.08. The monoisotopic (exact) mass is 188 g/mol. The van der Waals surface area contributed by atoms with Gasteiger partial charge in [0.1, 0.15) is 0 Å². The molecule has 3 nitrogen and oxygen atoms in total. The minimum Gasteiger partial charge on any atom is -0.344 e. The van der Waals surface area contributed by atoms with Crippen molar-refractivity contribution in [3.8, 4) is 0 Å². The van der Waals surface area contributed by atoms with Crippen LogP contribution in [0.3, 0.4) is 0 Å². The molecule has 62 valence electrons. The van der Waals surface area contributed by atoms with Crippen molar-refractivity contribution in [1.29, 1.82) is 0 Å². The molecule has 11 heavy (non-hydrogen) atoms. The van der Waals surface area contributed by atoms with Gasteiger partial charge in [0.25, 0.3) is 10.1 Å². The van der Waals surface area contributed by atoms with Crippen LogP contribution in [0.15, 0.2) is 12.7 Å². The van der Waals surface area contributed by atoms with Crippen molar-refractivity contribution in [3.63, 3.8) is 0 Å². The van der Waals surface area contributed by atoms with Crippen LogP contribution in [-0.2, 0) is 10.1 Å². The molecular weight excluding hydrogens is 175 g/mol. The van der Waals surface area contributed by atoms with Gasteiger partial charge in [-0.05, 0) is 0 Å². The molecule has 0 saturated carbocycles. The molecule has 0 heterocycles. The summed E-state index contributed by atoms with van der Waals surface area (Å²) >= 11 is 0. The van der Waals surface area contributed by atoms with Crippen LogP contribution in [0.25, 0.3) is 0 Å². The fraction of sp³-hybridized carbons (Fsp3) is 0.500. The van der Waals surface area contributed by atoms with Crippen molar-refractivity contribution in [2.45, 2.75) is 13.3 Å². The first-order chi connectivity index (χ1) is 4.47. The summed E-state index contributed by atoms with van der Waals surface area (Å²) in [6.45, 7) is 8.61. The topological polar surface area (TPSA) is 54.4 Å². The van der Waals surface area contributed by atoms with Crippen LogP contribution in [-0.4, -0.2) is 18.7 Å². The molecule has 0 amide bonds. The third-order valence-electron chi connectivity index (χ3n) is 0.328. The summed E-state index contributed by atoms with van der Waals surface area (Å²) in [4.78, 5) is 0. The normalized spacial score (nSPS) is 8.64. The average Bonchev–Trinajstić information content (AvgIpc) is 1.63. The molecule has 5 heteroatoms. The Morgan fingerprint density at radius 1 is 1.64 bits per heavy atom. The number of hydrogen-bond donors (Lipinski definition) is 1. The Bertz CT molecular complexity index is 163. The summed E-state index contributed by atoms with van der Waals surface area (Å²) in [5, 5.41) is 0. The molecule has 0 unspecified atom stereocenters. The van der Waals surface area contributed by atoms with Crippen LogP contribution in [0, 0.1) is 6.92 Å². The van der Waals surface area contributed by atoms with Crippen LogP contribution in [0.2, 0.25) is 0 Å². The van der Waals surface area contributed by atoms with Crippen LogP contribution in [0.1, 0.15) is 13.3 Å². The summed E-state index contributed by atoms with van der Waals surface area (Å²) < 4.78 is 27.3. The van der Waals surface area contributed by atoms with Gasteiger partial charge in [0, 0.05) is 0 Å². The molecular formula is C6H13NaO3S. The first-order valence-corrected chi connectivity index (χ1v) is 4.44. The molecule has 1 N–H and O–H groups in total. The first-order valence-electron chi connectivity index (χ1n) is 2.83. The molecule has 0 rings (SSSR count). The third kappa shape index (κ3) is 36.9. The molecule has 0 bridgehead atoms. The van der Waals surface area contributed by atoms with Crippen LogP contribution in [0.5, 0.6) is 0 Å². The second-order valence-electron chi connectivity index (χ2n) is 1.54. The zero-order chi connectivity index (χ0) is 8.62. The molecule has 0 aromatic carbocycles. The predicted octanol–water partition coefficient (Wildman–Crippen LogP) is -1.71. The van der Waals surface area contributed by atoms with E-state index in [-0.39, 0.29) is 35.3 Å². The number of rotatable bonds is 2. The van der Waals surface area contributed by atoms with Gasteiger partial charge in [-0.25, -0.2) is 0 Å². The molecule has 0 aliphatic rings. The Balaban J connectivity index is -0.000000140. The summed E-state index contributed by atoms with van der Waals surface area (Å²) in [6.07, 6.45) is 2.12. The second-order valence-corrected chi connectivity index (χ2v) is 3.03. The number of hydrogen-bond acceptors (Lipinski definition) is 2. The van der Waals surface area contributed by atoms with Crippen LogP contribution in [0.4, 0.5) is 0 Å². The van der Waals surface area contributed by atoms with E-state index in [4.69, 9.17) is 4.55 Å². The maximum absolute atomic E-state index is 9.72. The van der Waals surface area contributed by atoms with E-state index in [1.54, 1.807) is 0 Å². The van der Waals surface area contributed by atoms with Crippen molar-refractivity contribution in [2.24, 2.45) is 0 Å². The van der Waals surface area contributed by atoms with Gasteiger partial charge in [-0.1, -0.05) is 13.0 Å². The van der Waals surface area contributed by atoms with Crippen molar-refractivity contribution in [3.05, 3.63) is 19.6 Å². The van der Waals surface area contributed by atoms with Crippen molar-refractivity contribution in [2.75, 3.05) is 5.75 Å². The standard InChI is InChI=1S/C3H6O3S.C3H7.Na/c1-2-3-7(4,5)6;1-3-2;/h2H,1,3H2,(H,4,5,6);1,3H2,2H3;/q;-1;+1. The molecule has 0 aromatic rings. The van der Waals surface area contributed by atoms with Gasteiger partial charge in [-0.2, -0.15) is 14.8 Å². The molecule has 0 spiro atoms. The Morgan fingerprint density at radius 2 is 1.91 bits per heavy atom. The van der Waals surface area contributed by atoms with E-state index in [2.05, 4.69) is 13.5 Å². The van der Waals surface area contributed by atoms with Crippen molar-refractivity contribution >= 4 is 10.1 Å².